The van der Waals surface area contributed by atoms with E-state index in [1.54, 1.807) is 29.3 Å². The van der Waals surface area contributed by atoms with Crippen molar-refractivity contribution in [2.45, 2.75) is 6.92 Å². The number of benzene rings is 1. The van der Waals surface area contributed by atoms with Crippen molar-refractivity contribution in [1.82, 2.24) is 19.9 Å². The zero-order valence-corrected chi connectivity index (χ0v) is 17.2. The fraction of sp³-hybridized carbons (Fsp3) is 0.217. The number of hydrogen-bond acceptors (Lipinski definition) is 6. The molecule has 1 saturated heterocycles. The second-order valence-corrected chi connectivity index (χ2v) is 7.17. The molecular weight excluding hydrogens is 395 g/mol. The summed E-state index contributed by atoms with van der Waals surface area (Å²) in [6, 6.07) is 13.9. The lowest BCUT2D eigenvalue weighted by Gasteiger charge is -2.35. The average Bonchev–Trinajstić information content (AvgIpc) is 2.79. The summed E-state index contributed by atoms with van der Waals surface area (Å²) < 4.78 is 13.7. The summed E-state index contributed by atoms with van der Waals surface area (Å²) >= 11 is 0. The van der Waals surface area contributed by atoms with E-state index < -0.39 is 0 Å². The van der Waals surface area contributed by atoms with Gasteiger partial charge in [-0.15, -0.1) is 0 Å². The van der Waals surface area contributed by atoms with Gasteiger partial charge in [0, 0.05) is 50.1 Å². The van der Waals surface area contributed by atoms with Gasteiger partial charge in [0.25, 0.3) is 0 Å². The fourth-order valence-corrected chi connectivity index (χ4v) is 3.38. The van der Waals surface area contributed by atoms with Crippen molar-refractivity contribution in [2.24, 2.45) is 0 Å². The molecule has 0 radical (unpaired) electrons. The highest BCUT2D eigenvalue weighted by Gasteiger charge is 2.21. The Hall–Kier alpha value is -3.81. The maximum absolute atomic E-state index is 13.7. The summed E-state index contributed by atoms with van der Waals surface area (Å²) in [6.07, 6.45) is 4.67. The van der Waals surface area contributed by atoms with Gasteiger partial charge < -0.3 is 15.1 Å². The highest BCUT2D eigenvalue weighted by Crippen LogP contribution is 2.20. The Bertz CT molecular complexity index is 1080. The van der Waals surface area contributed by atoms with Crippen molar-refractivity contribution in [3.8, 4) is 0 Å². The Kier molecular flexibility index (Phi) is 6.16. The molecule has 3 aromatic rings. The number of aryl methyl sites for hydroxylation is 1. The van der Waals surface area contributed by atoms with E-state index >= 15 is 0 Å². The van der Waals surface area contributed by atoms with Crippen LogP contribution >= 0.6 is 0 Å². The molecule has 0 unspecified atom stereocenters. The second-order valence-electron chi connectivity index (χ2n) is 7.17. The van der Waals surface area contributed by atoms with E-state index in [0.29, 0.717) is 49.2 Å². The molecule has 4 rings (SSSR count). The molecule has 158 valence electrons. The molecule has 2 aromatic heterocycles. The van der Waals surface area contributed by atoms with Crippen molar-refractivity contribution in [3.63, 3.8) is 0 Å². The minimum absolute atomic E-state index is 0.126. The van der Waals surface area contributed by atoms with Gasteiger partial charge in [0.15, 0.2) is 0 Å². The van der Waals surface area contributed by atoms with Crippen LogP contribution in [0, 0.1) is 12.7 Å². The number of anilines is 3. The van der Waals surface area contributed by atoms with Crippen LogP contribution in [0.15, 0.2) is 60.8 Å². The highest BCUT2D eigenvalue weighted by molar-refractivity contribution is 5.92. The molecule has 31 heavy (non-hydrogen) atoms. The van der Waals surface area contributed by atoms with Crippen molar-refractivity contribution in [3.05, 3.63) is 78.0 Å². The largest absolute Gasteiger partial charge is 0.353 e. The Morgan fingerprint density at radius 3 is 2.55 bits per heavy atom. The third-order valence-electron chi connectivity index (χ3n) is 4.97. The van der Waals surface area contributed by atoms with Crippen LogP contribution in [0.25, 0.3) is 6.08 Å². The van der Waals surface area contributed by atoms with Crippen LogP contribution in [0.4, 0.5) is 21.8 Å². The number of hydrogen-bond donors (Lipinski definition) is 1. The molecular formula is C23H23FN6O. The zero-order chi connectivity index (χ0) is 21.6. The summed E-state index contributed by atoms with van der Waals surface area (Å²) in [6.45, 7) is 4.27. The predicted octanol–water partition coefficient (Wildman–Crippen LogP) is 3.42. The fourth-order valence-electron chi connectivity index (χ4n) is 3.38. The van der Waals surface area contributed by atoms with Crippen LogP contribution in [-0.2, 0) is 4.79 Å². The molecule has 0 spiro atoms. The first kappa shape index (κ1) is 20.5. The molecule has 1 amide bonds. The third kappa shape index (κ3) is 5.22. The van der Waals surface area contributed by atoms with E-state index in [4.69, 9.17) is 0 Å². The molecule has 8 heteroatoms. The zero-order valence-electron chi connectivity index (χ0n) is 17.2. The first-order valence-electron chi connectivity index (χ1n) is 10.1. The standard InChI is InChI=1S/C23H23FN6O/c1-17-26-21(28-20-8-4-5-11-25-20)16-22(27-17)29-12-14-30(15-13-29)23(31)10-9-18-6-2-3-7-19(18)24/h2-11,16H,12-15H2,1H3,(H,25,26,27,28)/b10-9+. The lowest BCUT2D eigenvalue weighted by molar-refractivity contribution is -0.126. The Morgan fingerprint density at radius 2 is 1.81 bits per heavy atom. The van der Waals surface area contributed by atoms with Gasteiger partial charge in [-0.05, 0) is 31.2 Å². The average molecular weight is 418 g/mol. The quantitative estimate of drug-likeness (QED) is 0.640. The molecule has 1 fully saturated rings. The van der Waals surface area contributed by atoms with E-state index in [2.05, 4.69) is 25.2 Å². The molecule has 1 aliphatic rings. The van der Waals surface area contributed by atoms with E-state index in [-0.39, 0.29) is 11.7 Å². The number of piperazine rings is 1. The molecule has 0 atom stereocenters. The van der Waals surface area contributed by atoms with Crippen LogP contribution in [0.5, 0.6) is 0 Å². The van der Waals surface area contributed by atoms with Gasteiger partial charge in [-0.2, -0.15) is 0 Å². The molecule has 0 bridgehead atoms. The third-order valence-corrected chi connectivity index (χ3v) is 4.97. The predicted molar refractivity (Wildman–Crippen MR) is 119 cm³/mol. The van der Waals surface area contributed by atoms with Crippen LogP contribution in [0.2, 0.25) is 0 Å². The van der Waals surface area contributed by atoms with Crippen LogP contribution in [0.3, 0.4) is 0 Å². The van der Waals surface area contributed by atoms with Gasteiger partial charge in [0.1, 0.15) is 29.1 Å². The van der Waals surface area contributed by atoms with Gasteiger partial charge in [-0.1, -0.05) is 24.3 Å². The first-order valence-corrected chi connectivity index (χ1v) is 10.1. The molecule has 7 nitrogen and oxygen atoms in total. The van der Waals surface area contributed by atoms with Gasteiger partial charge >= 0.3 is 0 Å². The number of nitrogens with one attached hydrogen (secondary N) is 1. The number of amides is 1. The molecule has 0 aliphatic carbocycles. The number of carbonyl (C=O) groups excluding carboxylic acids is 1. The summed E-state index contributed by atoms with van der Waals surface area (Å²) in [7, 11) is 0. The lowest BCUT2D eigenvalue weighted by Crippen LogP contribution is -2.48. The van der Waals surface area contributed by atoms with Gasteiger partial charge in [-0.25, -0.2) is 19.3 Å². The van der Waals surface area contributed by atoms with Gasteiger partial charge in [-0.3, -0.25) is 4.79 Å². The first-order chi connectivity index (χ1) is 15.1. The molecule has 3 heterocycles. The maximum atomic E-state index is 13.7. The summed E-state index contributed by atoms with van der Waals surface area (Å²) in [4.78, 5) is 29.6. The SMILES string of the molecule is Cc1nc(Nc2ccccn2)cc(N2CCN(C(=O)/C=C/c3ccccc3F)CC2)n1. The molecule has 0 saturated carbocycles. The van der Waals surface area contributed by atoms with E-state index in [1.807, 2.05) is 31.2 Å². The summed E-state index contributed by atoms with van der Waals surface area (Å²) in [5.41, 5.74) is 0.402. The summed E-state index contributed by atoms with van der Waals surface area (Å²) in [5, 5.41) is 3.19. The Balaban J connectivity index is 1.38. The van der Waals surface area contributed by atoms with Gasteiger partial charge in [0.05, 0.1) is 0 Å². The Morgan fingerprint density at radius 1 is 1.03 bits per heavy atom. The lowest BCUT2D eigenvalue weighted by atomic mass is 10.2. The summed E-state index contributed by atoms with van der Waals surface area (Å²) in [5.74, 6) is 2.38. The monoisotopic (exact) mass is 418 g/mol. The van der Waals surface area contributed by atoms with Crippen molar-refractivity contribution in [1.29, 1.82) is 0 Å². The number of pyridine rings is 1. The molecule has 1 N–H and O–H groups in total. The number of aromatic nitrogens is 3. The molecule has 1 aromatic carbocycles. The maximum Gasteiger partial charge on any atom is 0.246 e. The van der Waals surface area contributed by atoms with E-state index in [9.17, 15) is 9.18 Å². The van der Waals surface area contributed by atoms with E-state index in [0.717, 1.165) is 5.82 Å². The second kappa shape index (κ2) is 9.34. The minimum atomic E-state index is -0.342. The Labute approximate surface area is 180 Å². The highest BCUT2D eigenvalue weighted by atomic mass is 19.1. The van der Waals surface area contributed by atoms with Crippen LogP contribution < -0.4 is 10.2 Å². The van der Waals surface area contributed by atoms with E-state index in [1.165, 1.54) is 18.2 Å². The number of halogens is 1. The van der Waals surface area contributed by atoms with Gasteiger partial charge in [0.2, 0.25) is 5.91 Å². The minimum Gasteiger partial charge on any atom is -0.353 e. The number of nitrogens with zero attached hydrogens (tertiary/aromatic N) is 5. The normalized spacial score (nSPS) is 14.1. The van der Waals surface area contributed by atoms with Crippen LogP contribution in [-0.4, -0.2) is 51.9 Å². The molecule has 1 aliphatic heterocycles. The number of carbonyl (C=O) groups is 1. The van der Waals surface area contributed by atoms with Crippen molar-refractivity contribution >= 4 is 29.4 Å². The number of rotatable bonds is 5. The smallest absolute Gasteiger partial charge is 0.246 e. The van der Waals surface area contributed by atoms with Crippen molar-refractivity contribution < 1.29 is 9.18 Å². The van der Waals surface area contributed by atoms with Crippen molar-refractivity contribution in [2.75, 3.05) is 36.4 Å². The topological polar surface area (TPSA) is 74.2 Å². The van der Waals surface area contributed by atoms with Crippen LogP contribution in [0.1, 0.15) is 11.4 Å².